The second-order valence-electron chi connectivity index (χ2n) is 4.80. The number of Topliss-reactive ketones (excluding diaryl/α,β-unsaturated/α-hetero) is 1. The molecule has 1 saturated heterocycles. The zero-order chi connectivity index (χ0) is 14.7. The highest BCUT2D eigenvalue weighted by Gasteiger charge is 2.33. The quantitative estimate of drug-likeness (QED) is 0.789. The highest BCUT2D eigenvalue weighted by molar-refractivity contribution is 6.02. The van der Waals surface area contributed by atoms with Crippen molar-refractivity contribution in [3.8, 4) is 11.5 Å². The van der Waals surface area contributed by atoms with Crippen LogP contribution in [0.4, 0.5) is 0 Å². The number of hydrogen-bond acceptors (Lipinski definition) is 4. The van der Waals surface area contributed by atoms with Crippen LogP contribution in [-0.4, -0.2) is 43.4 Å². The van der Waals surface area contributed by atoms with E-state index in [2.05, 4.69) is 0 Å². The number of nitrogens with zero attached hydrogens (tertiary/aromatic N) is 1. The molecule has 0 aliphatic carbocycles. The fourth-order valence-corrected chi connectivity index (χ4v) is 2.60. The first-order chi connectivity index (χ1) is 9.58. The lowest BCUT2D eigenvalue weighted by Gasteiger charge is -2.22. The molecule has 0 spiro atoms. The molecule has 1 fully saturated rings. The standard InChI is InChI=1S/C15H19NO4/c1-10(17)16-8-4-5-12(16)15(18)11-6-7-13(19-2)14(9-11)20-3/h6-7,9,12H,4-5,8H2,1-3H3. The van der Waals surface area contributed by atoms with Gasteiger partial charge in [0.25, 0.3) is 0 Å². The molecule has 1 aromatic rings. The summed E-state index contributed by atoms with van der Waals surface area (Å²) >= 11 is 0. The van der Waals surface area contributed by atoms with Gasteiger partial charge in [-0.15, -0.1) is 0 Å². The van der Waals surface area contributed by atoms with Crippen LogP contribution in [0.25, 0.3) is 0 Å². The lowest BCUT2D eigenvalue weighted by Crippen LogP contribution is -2.39. The van der Waals surface area contributed by atoms with Crippen molar-refractivity contribution in [3.63, 3.8) is 0 Å². The van der Waals surface area contributed by atoms with Gasteiger partial charge in [0.1, 0.15) is 0 Å². The van der Waals surface area contributed by atoms with Crippen molar-refractivity contribution in [1.82, 2.24) is 4.90 Å². The van der Waals surface area contributed by atoms with E-state index in [0.29, 0.717) is 30.0 Å². The topological polar surface area (TPSA) is 55.8 Å². The first-order valence-electron chi connectivity index (χ1n) is 6.62. The molecular weight excluding hydrogens is 258 g/mol. The smallest absolute Gasteiger partial charge is 0.220 e. The van der Waals surface area contributed by atoms with Crippen LogP contribution in [0.15, 0.2) is 18.2 Å². The molecule has 1 aromatic carbocycles. The minimum atomic E-state index is -0.356. The number of benzene rings is 1. The molecule has 1 unspecified atom stereocenters. The van der Waals surface area contributed by atoms with Gasteiger partial charge in [0.05, 0.1) is 20.3 Å². The molecular formula is C15H19NO4. The van der Waals surface area contributed by atoms with Crippen molar-refractivity contribution in [2.45, 2.75) is 25.8 Å². The van der Waals surface area contributed by atoms with Crippen molar-refractivity contribution in [3.05, 3.63) is 23.8 Å². The molecule has 5 nitrogen and oxygen atoms in total. The molecule has 1 aliphatic heterocycles. The summed E-state index contributed by atoms with van der Waals surface area (Å²) in [5, 5.41) is 0. The molecule has 108 valence electrons. The van der Waals surface area contributed by atoms with E-state index >= 15 is 0 Å². The Labute approximate surface area is 118 Å². The number of amides is 1. The fraction of sp³-hybridized carbons (Fsp3) is 0.467. The summed E-state index contributed by atoms with van der Waals surface area (Å²) in [5.74, 6) is 1.00. The van der Waals surface area contributed by atoms with Crippen molar-refractivity contribution < 1.29 is 19.1 Å². The van der Waals surface area contributed by atoms with Crippen molar-refractivity contribution >= 4 is 11.7 Å². The highest BCUT2D eigenvalue weighted by atomic mass is 16.5. The van der Waals surface area contributed by atoms with E-state index in [-0.39, 0.29) is 17.7 Å². The average molecular weight is 277 g/mol. The van der Waals surface area contributed by atoms with Gasteiger partial charge in [-0.3, -0.25) is 9.59 Å². The molecule has 20 heavy (non-hydrogen) atoms. The number of likely N-dealkylation sites (tertiary alicyclic amines) is 1. The fourth-order valence-electron chi connectivity index (χ4n) is 2.60. The minimum Gasteiger partial charge on any atom is -0.493 e. The van der Waals surface area contributed by atoms with E-state index in [9.17, 15) is 9.59 Å². The average Bonchev–Trinajstić information content (AvgIpc) is 2.95. The summed E-state index contributed by atoms with van der Waals surface area (Å²) < 4.78 is 10.4. The maximum atomic E-state index is 12.5. The molecule has 2 rings (SSSR count). The van der Waals surface area contributed by atoms with Gasteiger partial charge in [0.15, 0.2) is 17.3 Å². The predicted octanol–water partition coefficient (Wildman–Crippen LogP) is 1.90. The Morgan fingerprint density at radius 3 is 2.50 bits per heavy atom. The van der Waals surface area contributed by atoms with Crippen LogP contribution < -0.4 is 9.47 Å². The lowest BCUT2D eigenvalue weighted by atomic mass is 10.0. The second-order valence-corrected chi connectivity index (χ2v) is 4.80. The van der Waals surface area contributed by atoms with Gasteiger partial charge in [-0.05, 0) is 31.0 Å². The van der Waals surface area contributed by atoms with E-state index in [1.807, 2.05) is 0 Å². The van der Waals surface area contributed by atoms with Crippen molar-refractivity contribution in [1.29, 1.82) is 0 Å². The number of ether oxygens (including phenoxy) is 2. The molecule has 0 bridgehead atoms. The Morgan fingerprint density at radius 2 is 1.90 bits per heavy atom. The number of carbonyl (C=O) groups excluding carboxylic acids is 2. The second kappa shape index (κ2) is 5.94. The third-order valence-electron chi connectivity index (χ3n) is 3.63. The molecule has 1 atom stereocenters. The van der Waals surface area contributed by atoms with E-state index < -0.39 is 0 Å². The van der Waals surface area contributed by atoms with E-state index in [0.717, 1.165) is 6.42 Å². The Hall–Kier alpha value is -2.04. The summed E-state index contributed by atoms with van der Waals surface area (Å²) in [6.45, 7) is 2.15. The predicted molar refractivity (Wildman–Crippen MR) is 74.3 cm³/mol. The monoisotopic (exact) mass is 277 g/mol. The third-order valence-corrected chi connectivity index (χ3v) is 3.63. The number of rotatable bonds is 4. The summed E-state index contributed by atoms with van der Waals surface area (Å²) in [4.78, 5) is 25.7. The normalized spacial score (nSPS) is 17.9. The summed E-state index contributed by atoms with van der Waals surface area (Å²) in [5.41, 5.74) is 0.542. The zero-order valence-corrected chi connectivity index (χ0v) is 12.0. The van der Waals surface area contributed by atoms with Gasteiger partial charge in [0, 0.05) is 19.0 Å². The maximum absolute atomic E-state index is 12.5. The van der Waals surface area contributed by atoms with Gasteiger partial charge in [-0.2, -0.15) is 0 Å². The number of hydrogen-bond donors (Lipinski definition) is 0. The zero-order valence-electron chi connectivity index (χ0n) is 12.0. The van der Waals surface area contributed by atoms with Gasteiger partial charge >= 0.3 is 0 Å². The Morgan fingerprint density at radius 1 is 1.20 bits per heavy atom. The van der Waals surface area contributed by atoms with Crippen LogP contribution in [-0.2, 0) is 4.79 Å². The Kier molecular flexibility index (Phi) is 4.27. The molecule has 1 aliphatic rings. The van der Waals surface area contributed by atoms with Crippen LogP contribution in [0.5, 0.6) is 11.5 Å². The van der Waals surface area contributed by atoms with E-state index in [1.54, 1.807) is 30.2 Å². The van der Waals surface area contributed by atoms with Gasteiger partial charge in [0.2, 0.25) is 5.91 Å². The summed E-state index contributed by atoms with van der Waals surface area (Å²) in [6, 6.07) is 4.72. The largest absolute Gasteiger partial charge is 0.493 e. The van der Waals surface area contributed by atoms with Gasteiger partial charge < -0.3 is 14.4 Å². The minimum absolute atomic E-state index is 0.0429. The molecule has 0 N–H and O–H groups in total. The molecule has 0 saturated carbocycles. The van der Waals surface area contributed by atoms with Crippen molar-refractivity contribution in [2.24, 2.45) is 0 Å². The Bertz CT molecular complexity index is 527. The molecule has 0 aromatic heterocycles. The molecule has 1 heterocycles. The highest BCUT2D eigenvalue weighted by Crippen LogP contribution is 2.29. The molecule has 1 amide bonds. The molecule has 0 radical (unpaired) electrons. The lowest BCUT2D eigenvalue weighted by molar-refractivity contribution is -0.128. The number of methoxy groups -OCH3 is 2. The number of ketones is 1. The van der Waals surface area contributed by atoms with E-state index in [4.69, 9.17) is 9.47 Å². The SMILES string of the molecule is COc1ccc(C(=O)C2CCCN2C(C)=O)cc1OC. The molecule has 5 heteroatoms. The first kappa shape index (κ1) is 14.4. The summed E-state index contributed by atoms with van der Waals surface area (Å²) in [7, 11) is 3.08. The van der Waals surface area contributed by atoms with Crippen LogP contribution in [0.1, 0.15) is 30.1 Å². The van der Waals surface area contributed by atoms with E-state index in [1.165, 1.54) is 14.0 Å². The summed E-state index contributed by atoms with van der Waals surface area (Å²) in [6.07, 6.45) is 1.58. The van der Waals surface area contributed by atoms with Crippen LogP contribution in [0.3, 0.4) is 0 Å². The van der Waals surface area contributed by atoms with Gasteiger partial charge in [-0.25, -0.2) is 0 Å². The Balaban J connectivity index is 2.27. The van der Waals surface area contributed by atoms with Crippen LogP contribution in [0, 0.1) is 0 Å². The number of carbonyl (C=O) groups is 2. The third kappa shape index (κ3) is 2.61. The van der Waals surface area contributed by atoms with Gasteiger partial charge in [-0.1, -0.05) is 0 Å². The van der Waals surface area contributed by atoms with Crippen LogP contribution in [0.2, 0.25) is 0 Å². The van der Waals surface area contributed by atoms with Crippen molar-refractivity contribution in [2.75, 3.05) is 20.8 Å². The first-order valence-corrected chi connectivity index (χ1v) is 6.62. The van der Waals surface area contributed by atoms with Crippen LogP contribution >= 0.6 is 0 Å². The maximum Gasteiger partial charge on any atom is 0.220 e.